The number of ether oxygens (including phenoxy) is 2. The zero-order valence-corrected chi connectivity index (χ0v) is 14.2. The predicted molar refractivity (Wildman–Crippen MR) is 90.0 cm³/mol. The van der Waals surface area contributed by atoms with Gasteiger partial charge in [0.15, 0.2) is 0 Å². The van der Waals surface area contributed by atoms with Crippen LogP contribution in [0.5, 0.6) is 5.75 Å². The molecule has 7 nitrogen and oxygen atoms in total. The Morgan fingerprint density at radius 3 is 2.88 bits per heavy atom. The van der Waals surface area contributed by atoms with E-state index in [0.717, 1.165) is 24.2 Å². The molecule has 0 spiro atoms. The van der Waals surface area contributed by atoms with Gasteiger partial charge in [0, 0.05) is 31.2 Å². The molecule has 1 heterocycles. The summed E-state index contributed by atoms with van der Waals surface area (Å²) >= 11 is 0. The Morgan fingerprint density at radius 2 is 2.12 bits per heavy atom. The third-order valence-corrected chi connectivity index (χ3v) is 3.90. The first-order valence-electron chi connectivity index (χ1n) is 8.22. The standard InChI is InChI=1S/C17H25N3O4/c1-3-24-15-9-5-4-7-13(15)11-18-16(21)19-14-8-6-10-20(12-14)17(22)23-2/h4-5,7,9,14H,3,6,8,10-12H2,1-2H3,(H2,18,19,21)/t14-/m1/s1. The van der Waals surface area contributed by atoms with Crippen LogP contribution in [0.1, 0.15) is 25.3 Å². The van der Waals surface area contributed by atoms with Crippen molar-refractivity contribution in [2.24, 2.45) is 0 Å². The van der Waals surface area contributed by atoms with Crippen LogP contribution >= 0.6 is 0 Å². The molecular formula is C17H25N3O4. The number of amides is 3. The highest BCUT2D eigenvalue weighted by Gasteiger charge is 2.25. The van der Waals surface area contributed by atoms with Gasteiger partial charge in [-0.05, 0) is 25.8 Å². The normalized spacial score (nSPS) is 17.1. The maximum Gasteiger partial charge on any atom is 0.409 e. The number of nitrogens with zero attached hydrogens (tertiary/aromatic N) is 1. The summed E-state index contributed by atoms with van der Waals surface area (Å²) in [7, 11) is 1.36. The maximum atomic E-state index is 12.1. The fourth-order valence-electron chi connectivity index (χ4n) is 2.75. The van der Waals surface area contributed by atoms with Crippen LogP contribution in [0.15, 0.2) is 24.3 Å². The summed E-state index contributed by atoms with van der Waals surface area (Å²) in [6.45, 7) is 4.01. The molecule has 2 N–H and O–H groups in total. The van der Waals surface area contributed by atoms with Crippen molar-refractivity contribution in [1.82, 2.24) is 15.5 Å². The van der Waals surface area contributed by atoms with E-state index in [1.165, 1.54) is 7.11 Å². The highest BCUT2D eigenvalue weighted by atomic mass is 16.5. The highest BCUT2D eigenvalue weighted by Crippen LogP contribution is 2.17. The lowest BCUT2D eigenvalue weighted by molar-refractivity contribution is 0.108. The van der Waals surface area contributed by atoms with Crippen molar-refractivity contribution in [3.05, 3.63) is 29.8 Å². The second-order valence-electron chi connectivity index (χ2n) is 5.62. The van der Waals surface area contributed by atoms with Gasteiger partial charge in [0.2, 0.25) is 0 Å². The van der Waals surface area contributed by atoms with Gasteiger partial charge in [-0.2, -0.15) is 0 Å². The Kier molecular flexibility index (Phi) is 6.72. The Hall–Kier alpha value is -2.44. The number of hydrogen-bond acceptors (Lipinski definition) is 4. The Balaban J connectivity index is 1.82. The lowest BCUT2D eigenvalue weighted by atomic mass is 10.1. The summed E-state index contributed by atoms with van der Waals surface area (Å²) in [5, 5.41) is 5.75. The fraction of sp³-hybridized carbons (Fsp3) is 0.529. The Labute approximate surface area is 142 Å². The third kappa shape index (κ3) is 5.04. The van der Waals surface area contributed by atoms with Gasteiger partial charge in [0.1, 0.15) is 5.75 Å². The number of nitrogens with one attached hydrogen (secondary N) is 2. The van der Waals surface area contributed by atoms with E-state index in [2.05, 4.69) is 10.6 Å². The van der Waals surface area contributed by atoms with Crippen LogP contribution in [0.25, 0.3) is 0 Å². The van der Waals surface area contributed by atoms with Gasteiger partial charge >= 0.3 is 12.1 Å². The molecule has 2 rings (SSSR count). The highest BCUT2D eigenvalue weighted by molar-refractivity contribution is 5.74. The lowest BCUT2D eigenvalue weighted by Gasteiger charge is -2.32. The molecule has 0 saturated carbocycles. The number of piperidine rings is 1. The number of likely N-dealkylation sites (tertiary alicyclic amines) is 1. The minimum atomic E-state index is -0.354. The predicted octanol–water partition coefficient (Wildman–Crippen LogP) is 2.12. The zero-order valence-electron chi connectivity index (χ0n) is 14.2. The molecule has 132 valence electrons. The second kappa shape index (κ2) is 9.00. The molecule has 0 radical (unpaired) electrons. The molecule has 1 fully saturated rings. The van der Waals surface area contributed by atoms with E-state index >= 15 is 0 Å². The van der Waals surface area contributed by atoms with Gasteiger partial charge < -0.3 is 25.0 Å². The van der Waals surface area contributed by atoms with E-state index in [0.29, 0.717) is 26.2 Å². The SMILES string of the molecule is CCOc1ccccc1CNC(=O)N[C@@H]1CCCN(C(=O)OC)C1. The summed E-state index contributed by atoms with van der Waals surface area (Å²) in [6, 6.07) is 7.29. The number of benzene rings is 1. The largest absolute Gasteiger partial charge is 0.494 e. The van der Waals surface area contributed by atoms with Crippen LogP contribution < -0.4 is 15.4 Å². The molecule has 1 aliphatic rings. The van der Waals surface area contributed by atoms with Gasteiger partial charge in [-0.15, -0.1) is 0 Å². The molecule has 1 aromatic rings. The number of rotatable bonds is 5. The molecule has 1 aromatic carbocycles. The van der Waals surface area contributed by atoms with Crippen LogP contribution in [-0.2, 0) is 11.3 Å². The van der Waals surface area contributed by atoms with Crippen molar-refractivity contribution in [3.8, 4) is 5.75 Å². The van der Waals surface area contributed by atoms with Gasteiger partial charge in [-0.3, -0.25) is 0 Å². The number of urea groups is 1. The number of carbonyl (C=O) groups is 2. The first kappa shape index (κ1) is 17.9. The molecule has 0 bridgehead atoms. The summed E-state index contributed by atoms with van der Waals surface area (Å²) < 4.78 is 10.3. The third-order valence-electron chi connectivity index (χ3n) is 3.90. The molecule has 1 aliphatic heterocycles. The minimum Gasteiger partial charge on any atom is -0.494 e. The topological polar surface area (TPSA) is 79.9 Å². The van der Waals surface area contributed by atoms with Crippen LogP contribution in [0, 0.1) is 0 Å². The minimum absolute atomic E-state index is 0.0695. The van der Waals surface area contributed by atoms with Crippen LogP contribution in [0.3, 0.4) is 0 Å². The van der Waals surface area contributed by atoms with Gasteiger partial charge in [0.05, 0.1) is 13.7 Å². The van der Waals surface area contributed by atoms with Crippen molar-refractivity contribution < 1.29 is 19.1 Å². The molecule has 1 atom stereocenters. The average Bonchev–Trinajstić information content (AvgIpc) is 2.61. The van der Waals surface area contributed by atoms with Crippen molar-refractivity contribution >= 4 is 12.1 Å². The summed E-state index contributed by atoms with van der Waals surface area (Å²) in [5.74, 6) is 0.773. The summed E-state index contributed by atoms with van der Waals surface area (Å²) in [6.07, 6.45) is 1.33. The van der Waals surface area contributed by atoms with E-state index in [-0.39, 0.29) is 18.2 Å². The van der Waals surface area contributed by atoms with Gasteiger partial charge in [0.25, 0.3) is 0 Å². The molecule has 3 amide bonds. The Morgan fingerprint density at radius 1 is 1.33 bits per heavy atom. The van der Waals surface area contributed by atoms with Gasteiger partial charge in [-0.1, -0.05) is 18.2 Å². The van der Waals surface area contributed by atoms with E-state index in [4.69, 9.17) is 9.47 Å². The molecular weight excluding hydrogens is 310 g/mol. The number of methoxy groups -OCH3 is 1. The lowest BCUT2D eigenvalue weighted by Crippen LogP contribution is -2.51. The van der Waals surface area contributed by atoms with Crippen molar-refractivity contribution in [3.63, 3.8) is 0 Å². The quantitative estimate of drug-likeness (QED) is 0.864. The molecule has 7 heteroatoms. The average molecular weight is 335 g/mol. The van der Waals surface area contributed by atoms with Crippen LogP contribution in [0.4, 0.5) is 9.59 Å². The monoisotopic (exact) mass is 335 g/mol. The van der Waals surface area contributed by atoms with E-state index in [9.17, 15) is 9.59 Å². The summed E-state index contributed by atoms with van der Waals surface area (Å²) in [4.78, 5) is 25.3. The second-order valence-corrected chi connectivity index (χ2v) is 5.62. The molecule has 0 unspecified atom stereocenters. The van der Waals surface area contributed by atoms with E-state index in [1.807, 2.05) is 31.2 Å². The fourth-order valence-corrected chi connectivity index (χ4v) is 2.75. The van der Waals surface area contributed by atoms with E-state index < -0.39 is 0 Å². The first-order valence-corrected chi connectivity index (χ1v) is 8.22. The first-order chi connectivity index (χ1) is 11.6. The van der Waals surface area contributed by atoms with E-state index in [1.54, 1.807) is 4.90 Å². The molecule has 24 heavy (non-hydrogen) atoms. The molecule has 0 aliphatic carbocycles. The maximum absolute atomic E-state index is 12.1. The number of carbonyl (C=O) groups excluding carboxylic acids is 2. The number of hydrogen-bond donors (Lipinski definition) is 2. The van der Waals surface area contributed by atoms with Crippen LogP contribution in [0.2, 0.25) is 0 Å². The van der Waals surface area contributed by atoms with Gasteiger partial charge in [-0.25, -0.2) is 9.59 Å². The zero-order chi connectivity index (χ0) is 17.4. The molecule has 1 saturated heterocycles. The smallest absolute Gasteiger partial charge is 0.409 e. The van der Waals surface area contributed by atoms with Crippen molar-refractivity contribution in [2.75, 3.05) is 26.8 Å². The van der Waals surface area contributed by atoms with Crippen molar-refractivity contribution in [2.45, 2.75) is 32.4 Å². The summed E-state index contributed by atoms with van der Waals surface area (Å²) in [5.41, 5.74) is 0.925. The Bertz CT molecular complexity index is 565. The molecule has 0 aromatic heterocycles. The van der Waals surface area contributed by atoms with Crippen LogP contribution in [-0.4, -0.2) is 49.9 Å². The number of para-hydroxylation sites is 1. The van der Waals surface area contributed by atoms with Crippen molar-refractivity contribution in [1.29, 1.82) is 0 Å².